The first kappa shape index (κ1) is 13.4. The summed E-state index contributed by atoms with van der Waals surface area (Å²) in [5.74, 6) is 0. The van der Waals surface area contributed by atoms with Gasteiger partial charge in [0.25, 0.3) is 0 Å². The van der Waals surface area contributed by atoms with Gasteiger partial charge < -0.3 is 15.5 Å². The zero-order valence-electron chi connectivity index (χ0n) is 10.7. The van der Waals surface area contributed by atoms with Crippen LogP contribution in [0.15, 0.2) is 0 Å². The van der Waals surface area contributed by atoms with Crippen LogP contribution in [0.2, 0.25) is 0 Å². The zero-order chi connectivity index (χ0) is 12.2. The van der Waals surface area contributed by atoms with Gasteiger partial charge in [-0.3, -0.25) is 0 Å². The Bertz CT molecular complexity index is 246. The van der Waals surface area contributed by atoms with E-state index in [-0.39, 0.29) is 0 Å². The van der Waals surface area contributed by atoms with Crippen molar-refractivity contribution >= 4 is 0 Å². The van der Waals surface area contributed by atoms with Gasteiger partial charge in [0.15, 0.2) is 0 Å². The van der Waals surface area contributed by atoms with E-state index < -0.39 is 5.54 Å². The molecular weight excluding hydrogens is 200 g/mol. The van der Waals surface area contributed by atoms with Gasteiger partial charge in [0.1, 0.15) is 5.54 Å². The van der Waals surface area contributed by atoms with Gasteiger partial charge >= 0.3 is 0 Å². The summed E-state index contributed by atoms with van der Waals surface area (Å²) < 4.78 is 0. The Morgan fingerprint density at radius 3 is 2.44 bits per heavy atom. The fraction of sp³-hybridized carbons (Fsp3) is 0.917. The van der Waals surface area contributed by atoms with E-state index in [9.17, 15) is 0 Å². The summed E-state index contributed by atoms with van der Waals surface area (Å²) in [5.41, 5.74) is 5.14. The molecule has 0 aromatic carbocycles. The van der Waals surface area contributed by atoms with Crippen LogP contribution in [-0.4, -0.2) is 55.1 Å². The molecule has 0 spiro atoms. The van der Waals surface area contributed by atoms with Gasteiger partial charge in [0, 0.05) is 12.6 Å². The minimum absolute atomic E-state index is 0.668. The van der Waals surface area contributed by atoms with Gasteiger partial charge in [-0.1, -0.05) is 0 Å². The zero-order valence-corrected chi connectivity index (χ0v) is 10.7. The number of hydrogen-bond acceptors (Lipinski definition) is 4. The fourth-order valence-corrected chi connectivity index (χ4v) is 2.11. The largest absolute Gasteiger partial charge is 0.314 e. The summed E-state index contributed by atoms with van der Waals surface area (Å²) in [6.07, 6.45) is 3.21. The van der Waals surface area contributed by atoms with Crippen molar-refractivity contribution in [2.75, 3.05) is 33.7 Å². The van der Waals surface area contributed by atoms with Crippen LogP contribution in [-0.2, 0) is 0 Å². The van der Waals surface area contributed by atoms with Crippen LogP contribution in [0, 0.1) is 11.3 Å². The molecule has 4 heteroatoms. The van der Waals surface area contributed by atoms with Gasteiger partial charge in [-0.15, -0.1) is 0 Å². The molecule has 1 aliphatic rings. The first-order valence-corrected chi connectivity index (χ1v) is 6.03. The molecule has 0 radical (unpaired) electrons. The van der Waals surface area contributed by atoms with E-state index in [2.05, 4.69) is 30.0 Å². The number of piperidine rings is 1. The van der Waals surface area contributed by atoms with Gasteiger partial charge in [-0.2, -0.15) is 5.26 Å². The molecular formula is C12H24N4. The quantitative estimate of drug-likeness (QED) is 0.761. The van der Waals surface area contributed by atoms with Crippen molar-refractivity contribution in [3.05, 3.63) is 0 Å². The molecule has 0 saturated carbocycles. The minimum atomic E-state index is -0.668. The van der Waals surface area contributed by atoms with Crippen LogP contribution >= 0.6 is 0 Å². The Labute approximate surface area is 99.0 Å². The van der Waals surface area contributed by atoms with Crippen LogP contribution in [0.25, 0.3) is 0 Å². The summed E-state index contributed by atoms with van der Waals surface area (Å²) in [5, 5.41) is 8.84. The molecule has 0 aromatic rings. The Hall–Kier alpha value is -0.630. The molecule has 4 nitrogen and oxygen atoms in total. The number of rotatable bonds is 4. The second-order valence-electron chi connectivity index (χ2n) is 5.32. The molecule has 1 heterocycles. The third kappa shape index (κ3) is 4.09. The number of nitrogens with two attached hydrogens (primary N) is 1. The maximum Gasteiger partial charge on any atom is 0.102 e. The highest BCUT2D eigenvalue weighted by atomic mass is 15.2. The average molecular weight is 224 g/mol. The first-order chi connectivity index (χ1) is 7.44. The molecule has 16 heavy (non-hydrogen) atoms. The van der Waals surface area contributed by atoms with E-state index >= 15 is 0 Å². The second kappa shape index (κ2) is 5.62. The average Bonchev–Trinajstić information content (AvgIpc) is 2.27. The Kier molecular flexibility index (Phi) is 4.72. The van der Waals surface area contributed by atoms with Crippen LogP contribution < -0.4 is 5.73 Å². The van der Waals surface area contributed by atoms with Crippen molar-refractivity contribution in [2.45, 2.75) is 37.8 Å². The predicted octanol–water partition coefficient (Wildman–Crippen LogP) is 0.643. The van der Waals surface area contributed by atoms with Crippen molar-refractivity contribution < 1.29 is 0 Å². The first-order valence-electron chi connectivity index (χ1n) is 6.03. The molecule has 1 unspecified atom stereocenters. The van der Waals surface area contributed by atoms with Crippen LogP contribution in [0.5, 0.6) is 0 Å². The smallest absolute Gasteiger partial charge is 0.102 e. The molecule has 92 valence electrons. The fourth-order valence-electron chi connectivity index (χ4n) is 2.11. The Morgan fingerprint density at radius 1 is 1.44 bits per heavy atom. The highest BCUT2D eigenvalue weighted by molar-refractivity contribution is 5.01. The summed E-state index contributed by atoms with van der Waals surface area (Å²) in [4.78, 5) is 4.72. The lowest BCUT2D eigenvalue weighted by Gasteiger charge is -2.35. The number of likely N-dealkylation sites (tertiary alicyclic amines) is 1. The molecule has 0 bridgehead atoms. The van der Waals surface area contributed by atoms with E-state index in [4.69, 9.17) is 11.0 Å². The lowest BCUT2D eigenvalue weighted by Crippen LogP contribution is -2.45. The second-order valence-corrected chi connectivity index (χ2v) is 5.32. The van der Waals surface area contributed by atoms with Crippen molar-refractivity contribution in [1.29, 1.82) is 5.26 Å². The molecule has 1 aliphatic heterocycles. The summed E-state index contributed by atoms with van der Waals surface area (Å²) >= 11 is 0. The van der Waals surface area contributed by atoms with Gasteiger partial charge in [0.05, 0.1) is 6.07 Å². The maximum atomic E-state index is 8.84. The number of nitrogens with zero attached hydrogens (tertiary/aromatic N) is 3. The Balaban J connectivity index is 2.26. The van der Waals surface area contributed by atoms with Gasteiger partial charge in [-0.25, -0.2) is 0 Å². The molecule has 0 aliphatic carbocycles. The number of nitriles is 1. The van der Waals surface area contributed by atoms with Crippen molar-refractivity contribution in [1.82, 2.24) is 9.80 Å². The van der Waals surface area contributed by atoms with E-state index in [1.54, 1.807) is 6.92 Å². The van der Waals surface area contributed by atoms with Gasteiger partial charge in [0.2, 0.25) is 0 Å². The lowest BCUT2D eigenvalue weighted by atomic mass is 9.99. The SMILES string of the molecule is CN(C)C1CCN(CCC(C)(N)C#N)CC1. The van der Waals surface area contributed by atoms with E-state index in [0.717, 1.165) is 32.1 Å². The van der Waals surface area contributed by atoms with E-state index in [1.165, 1.54) is 12.8 Å². The third-order valence-electron chi connectivity index (χ3n) is 3.49. The summed E-state index contributed by atoms with van der Waals surface area (Å²) in [6, 6.07) is 2.87. The molecule has 1 fully saturated rings. The predicted molar refractivity (Wildman–Crippen MR) is 66.0 cm³/mol. The normalized spacial score (nSPS) is 23.0. The van der Waals surface area contributed by atoms with Crippen molar-refractivity contribution in [3.8, 4) is 6.07 Å². The standard InChI is InChI=1S/C12H24N4/c1-12(14,10-13)6-9-16-7-4-11(5-8-16)15(2)3/h11H,4-9,14H2,1-3H3. The van der Waals surface area contributed by atoms with Crippen molar-refractivity contribution in [2.24, 2.45) is 5.73 Å². The Morgan fingerprint density at radius 2 is 2.00 bits per heavy atom. The van der Waals surface area contributed by atoms with Gasteiger partial charge in [-0.05, 0) is 53.4 Å². The molecule has 1 atom stereocenters. The van der Waals surface area contributed by atoms with E-state index in [1.807, 2.05) is 0 Å². The summed E-state index contributed by atoms with van der Waals surface area (Å²) in [7, 11) is 4.29. The molecule has 1 rings (SSSR count). The molecule has 0 amide bonds. The van der Waals surface area contributed by atoms with Crippen LogP contribution in [0.4, 0.5) is 0 Å². The molecule has 0 aromatic heterocycles. The van der Waals surface area contributed by atoms with Crippen LogP contribution in [0.3, 0.4) is 0 Å². The highest BCUT2D eigenvalue weighted by Gasteiger charge is 2.23. The van der Waals surface area contributed by atoms with Crippen molar-refractivity contribution in [3.63, 3.8) is 0 Å². The molecule has 1 saturated heterocycles. The number of hydrogen-bond donors (Lipinski definition) is 1. The summed E-state index contributed by atoms with van der Waals surface area (Å²) in [6.45, 7) is 5.01. The monoisotopic (exact) mass is 224 g/mol. The maximum absolute atomic E-state index is 8.84. The highest BCUT2D eigenvalue weighted by Crippen LogP contribution is 2.15. The topological polar surface area (TPSA) is 56.3 Å². The lowest BCUT2D eigenvalue weighted by molar-refractivity contribution is 0.140. The third-order valence-corrected chi connectivity index (χ3v) is 3.49. The minimum Gasteiger partial charge on any atom is -0.314 e. The van der Waals surface area contributed by atoms with E-state index in [0.29, 0.717) is 0 Å². The molecule has 2 N–H and O–H groups in total. The van der Waals surface area contributed by atoms with Crippen LogP contribution in [0.1, 0.15) is 26.2 Å².